The van der Waals surface area contributed by atoms with Gasteiger partial charge in [0.25, 0.3) is 5.91 Å². The van der Waals surface area contributed by atoms with Gasteiger partial charge in [-0.05, 0) is 64.5 Å². The number of allylic oxidation sites excluding steroid dienone is 4. The van der Waals surface area contributed by atoms with E-state index in [4.69, 9.17) is 4.84 Å². The van der Waals surface area contributed by atoms with E-state index in [-0.39, 0.29) is 17.1 Å². The van der Waals surface area contributed by atoms with Crippen LogP contribution >= 0.6 is 0 Å². The van der Waals surface area contributed by atoms with Crippen molar-refractivity contribution in [1.82, 2.24) is 5.48 Å². The summed E-state index contributed by atoms with van der Waals surface area (Å²) in [5.74, 6) is -0.655. The van der Waals surface area contributed by atoms with Gasteiger partial charge in [0.1, 0.15) is 11.5 Å². The molecule has 0 spiro atoms. The van der Waals surface area contributed by atoms with Gasteiger partial charge in [0.2, 0.25) is 0 Å². The number of phenolic OH excluding ortho intramolecular Hbond substituents is 2. The first-order valence-corrected chi connectivity index (χ1v) is 10.0. The van der Waals surface area contributed by atoms with E-state index in [9.17, 15) is 15.0 Å². The molecule has 0 radical (unpaired) electrons. The summed E-state index contributed by atoms with van der Waals surface area (Å²) in [7, 11) is 1.35. The summed E-state index contributed by atoms with van der Waals surface area (Å²) in [6.07, 6.45) is 9.96. The molecule has 5 heteroatoms. The van der Waals surface area contributed by atoms with Crippen LogP contribution in [0.4, 0.5) is 0 Å². The third-order valence-electron chi connectivity index (χ3n) is 4.68. The molecule has 0 bridgehead atoms. The normalized spacial score (nSPS) is 11.4. The summed E-state index contributed by atoms with van der Waals surface area (Å²) >= 11 is 0. The Hall–Kier alpha value is -2.27. The molecule has 28 heavy (non-hydrogen) atoms. The number of benzene rings is 1. The summed E-state index contributed by atoms with van der Waals surface area (Å²) in [6, 6.07) is 1.60. The molecule has 3 N–H and O–H groups in total. The van der Waals surface area contributed by atoms with Crippen molar-refractivity contribution in [2.75, 3.05) is 7.11 Å². The van der Waals surface area contributed by atoms with Crippen LogP contribution in [-0.4, -0.2) is 23.2 Å². The number of hydroxylamine groups is 1. The van der Waals surface area contributed by atoms with Gasteiger partial charge in [-0.3, -0.25) is 9.63 Å². The van der Waals surface area contributed by atoms with Crippen molar-refractivity contribution in [3.05, 3.63) is 46.1 Å². The molecule has 1 aromatic carbocycles. The molecule has 0 aliphatic rings. The Balaban J connectivity index is 3.13. The molecule has 0 aliphatic heterocycles. The van der Waals surface area contributed by atoms with Gasteiger partial charge in [-0.1, -0.05) is 43.1 Å². The first-order chi connectivity index (χ1) is 13.3. The molecule has 0 saturated heterocycles. The molecule has 1 amide bonds. The summed E-state index contributed by atoms with van der Waals surface area (Å²) in [6.45, 7) is 8.28. The number of hydrogen-bond acceptors (Lipinski definition) is 4. The van der Waals surface area contributed by atoms with Crippen LogP contribution < -0.4 is 5.48 Å². The molecule has 0 aromatic heterocycles. The van der Waals surface area contributed by atoms with Crippen molar-refractivity contribution in [2.45, 2.75) is 72.6 Å². The van der Waals surface area contributed by atoms with Gasteiger partial charge in [-0.15, -0.1) is 0 Å². The van der Waals surface area contributed by atoms with Crippen LogP contribution in [0.15, 0.2) is 29.4 Å². The second-order valence-electron chi connectivity index (χ2n) is 7.42. The average molecular weight is 390 g/mol. The summed E-state index contributed by atoms with van der Waals surface area (Å²) in [5.41, 5.74) is 5.92. The number of unbranched alkanes of at least 4 members (excludes halogenated alkanes) is 2. The van der Waals surface area contributed by atoms with E-state index in [0.29, 0.717) is 24.0 Å². The summed E-state index contributed by atoms with van der Waals surface area (Å²) in [5, 5.41) is 21.2. The number of aromatic hydroxyl groups is 2. The zero-order chi connectivity index (χ0) is 21.1. The Morgan fingerprint density at radius 1 is 1.18 bits per heavy atom. The molecule has 1 aromatic rings. The van der Waals surface area contributed by atoms with E-state index in [0.717, 1.165) is 32.1 Å². The van der Waals surface area contributed by atoms with Crippen molar-refractivity contribution in [2.24, 2.45) is 0 Å². The van der Waals surface area contributed by atoms with Gasteiger partial charge < -0.3 is 10.2 Å². The highest BCUT2D eigenvalue weighted by atomic mass is 16.6. The second kappa shape index (κ2) is 12.2. The highest BCUT2D eigenvalue weighted by Crippen LogP contribution is 2.35. The number of phenols is 2. The van der Waals surface area contributed by atoms with Crippen LogP contribution in [0, 0.1) is 0 Å². The second-order valence-corrected chi connectivity index (χ2v) is 7.42. The minimum absolute atomic E-state index is 0.0197. The Kier molecular flexibility index (Phi) is 10.4. The molecule has 1 rings (SSSR count). The summed E-state index contributed by atoms with van der Waals surface area (Å²) in [4.78, 5) is 17.2. The van der Waals surface area contributed by atoms with Crippen molar-refractivity contribution in [3.8, 4) is 11.5 Å². The van der Waals surface area contributed by atoms with Gasteiger partial charge >= 0.3 is 0 Å². The van der Waals surface area contributed by atoms with E-state index in [1.54, 1.807) is 6.07 Å². The Morgan fingerprint density at radius 2 is 1.89 bits per heavy atom. The van der Waals surface area contributed by atoms with Crippen molar-refractivity contribution in [3.63, 3.8) is 0 Å². The van der Waals surface area contributed by atoms with Crippen LogP contribution in [0.1, 0.15) is 81.3 Å². The zero-order valence-corrected chi connectivity index (χ0v) is 17.9. The van der Waals surface area contributed by atoms with Crippen LogP contribution in [0.2, 0.25) is 0 Å². The van der Waals surface area contributed by atoms with E-state index in [2.05, 4.69) is 32.3 Å². The van der Waals surface area contributed by atoms with Crippen LogP contribution in [0.25, 0.3) is 0 Å². The van der Waals surface area contributed by atoms with Crippen LogP contribution in [0.5, 0.6) is 11.5 Å². The molecule has 0 unspecified atom stereocenters. The number of carbonyl (C=O) groups excluding carboxylic acids is 1. The number of rotatable bonds is 11. The number of nitrogens with one attached hydrogen (secondary N) is 1. The maximum absolute atomic E-state index is 12.4. The van der Waals surface area contributed by atoms with Gasteiger partial charge in [-0.2, -0.15) is 0 Å². The van der Waals surface area contributed by atoms with Crippen LogP contribution in [-0.2, 0) is 17.7 Å². The van der Waals surface area contributed by atoms with Gasteiger partial charge in [-0.25, -0.2) is 5.48 Å². The van der Waals surface area contributed by atoms with Crippen molar-refractivity contribution < 1.29 is 19.8 Å². The predicted molar refractivity (Wildman–Crippen MR) is 114 cm³/mol. The molecule has 0 atom stereocenters. The lowest BCUT2D eigenvalue weighted by Gasteiger charge is -2.16. The molecule has 0 saturated carbocycles. The minimum atomic E-state index is -0.503. The highest BCUT2D eigenvalue weighted by Gasteiger charge is 2.22. The van der Waals surface area contributed by atoms with E-state index >= 15 is 0 Å². The Bertz CT molecular complexity index is 716. The lowest BCUT2D eigenvalue weighted by atomic mass is 9.94. The predicted octanol–water partition coefficient (Wildman–Crippen LogP) is 5.36. The molecule has 156 valence electrons. The molecular formula is C23H35NO4. The first kappa shape index (κ1) is 23.8. The third-order valence-corrected chi connectivity index (χ3v) is 4.68. The topological polar surface area (TPSA) is 78.8 Å². The van der Waals surface area contributed by atoms with Gasteiger partial charge in [0.05, 0.1) is 12.7 Å². The standard InChI is InChI=1S/C23H35NO4/c1-6-7-8-12-18-15-20(25)19(22(26)21(18)23(27)24-28-5)14-13-17(4)11-9-10-16(2)3/h10,13,15,25-26H,6-9,11-12,14H2,1-5H3,(H,24,27)/b17-13+. The first-order valence-electron chi connectivity index (χ1n) is 10.0. The average Bonchev–Trinajstić information content (AvgIpc) is 2.61. The lowest BCUT2D eigenvalue weighted by Crippen LogP contribution is -2.23. The highest BCUT2D eigenvalue weighted by molar-refractivity contribution is 5.98. The monoisotopic (exact) mass is 389 g/mol. The minimum Gasteiger partial charge on any atom is -0.508 e. The summed E-state index contributed by atoms with van der Waals surface area (Å²) < 4.78 is 0. The molecule has 5 nitrogen and oxygen atoms in total. The Morgan fingerprint density at radius 3 is 2.50 bits per heavy atom. The fourth-order valence-corrected chi connectivity index (χ4v) is 3.08. The fraction of sp³-hybridized carbons (Fsp3) is 0.522. The Labute approximate surface area is 169 Å². The maximum atomic E-state index is 12.4. The van der Waals surface area contributed by atoms with Crippen molar-refractivity contribution >= 4 is 5.91 Å². The zero-order valence-electron chi connectivity index (χ0n) is 17.9. The van der Waals surface area contributed by atoms with E-state index < -0.39 is 5.91 Å². The largest absolute Gasteiger partial charge is 0.508 e. The number of aryl methyl sites for hydroxylation is 1. The SMILES string of the molecule is CCCCCc1cc(O)c(C/C=C(\C)CCC=C(C)C)c(O)c1C(=O)NOC. The van der Waals surface area contributed by atoms with Crippen LogP contribution in [0.3, 0.4) is 0 Å². The maximum Gasteiger partial charge on any atom is 0.278 e. The van der Waals surface area contributed by atoms with E-state index in [1.165, 1.54) is 18.3 Å². The van der Waals surface area contributed by atoms with Crippen molar-refractivity contribution in [1.29, 1.82) is 0 Å². The van der Waals surface area contributed by atoms with Gasteiger partial charge in [0, 0.05) is 5.56 Å². The fourth-order valence-electron chi connectivity index (χ4n) is 3.08. The quantitative estimate of drug-likeness (QED) is 0.270. The molecular weight excluding hydrogens is 354 g/mol. The number of amides is 1. The lowest BCUT2D eigenvalue weighted by molar-refractivity contribution is 0.0533. The van der Waals surface area contributed by atoms with Gasteiger partial charge in [0.15, 0.2) is 0 Å². The molecule has 0 aliphatic carbocycles. The molecule has 0 heterocycles. The third kappa shape index (κ3) is 7.39. The number of carbonyl (C=O) groups is 1. The van der Waals surface area contributed by atoms with E-state index in [1.807, 2.05) is 13.0 Å². The number of hydrogen-bond donors (Lipinski definition) is 3. The smallest absolute Gasteiger partial charge is 0.278 e. The molecule has 0 fully saturated rings.